The summed E-state index contributed by atoms with van der Waals surface area (Å²) in [6.07, 6.45) is 11.9. The first-order valence-corrected chi connectivity index (χ1v) is 15.7. The summed E-state index contributed by atoms with van der Waals surface area (Å²) in [4.78, 5) is 22.7. The molecule has 0 unspecified atom stereocenters. The third-order valence-corrected chi connectivity index (χ3v) is 11.2. The van der Waals surface area contributed by atoms with Crippen molar-refractivity contribution >= 4 is 25.9 Å². The lowest BCUT2D eigenvalue weighted by atomic mass is 10.1. The third-order valence-electron chi connectivity index (χ3n) is 6.69. The molecule has 0 aliphatic carbocycles. The fraction of sp³-hybridized carbons (Fsp3) is 0.704. The van der Waals surface area contributed by atoms with Crippen molar-refractivity contribution in [3.8, 4) is 0 Å². The Bertz CT molecular complexity index is 695. The van der Waals surface area contributed by atoms with Gasteiger partial charge in [-0.1, -0.05) is 84.3 Å². The second-order valence-electron chi connectivity index (χ2n) is 10.7. The van der Waals surface area contributed by atoms with Crippen molar-refractivity contribution in [3.05, 3.63) is 29.8 Å². The molecule has 0 fully saturated rings. The number of unbranched alkanes of at least 4 members (excludes halogenated alkanes) is 9. The standard InChI is InChI=1S/C27H47NO4Si/c1-27(2,3)33(4,5)32-22-23-18-20-24(21-19-23)28-25(29)16-14-12-10-8-6-7-9-11-13-15-17-26(30)31/h18-21H,6-17,22H2,1-5H3,(H,28,29)(H,30,31). The van der Waals surface area contributed by atoms with E-state index >= 15 is 0 Å². The molecule has 0 aliphatic rings. The molecule has 0 radical (unpaired) electrons. The highest BCUT2D eigenvalue weighted by molar-refractivity contribution is 6.74. The number of hydrogen-bond donors (Lipinski definition) is 2. The predicted molar refractivity (Wildman–Crippen MR) is 140 cm³/mol. The number of carboxylic acid groups (broad SMARTS) is 1. The van der Waals surface area contributed by atoms with Crippen LogP contribution in [0.1, 0.15) is 103 Å². The van der Waals surface area contributed by atoms with Gasteiger partial charge >= 0.3 is 5.97 Å². The molecule has 0 aromatic heterocycles. The van der Waals surface area contributed by atoms with Crippen molar-refractivity contribution in [2.75, 3.05) is 5.32 Å². The Morgan fingerprint density at radius 3 is 1.73 bits per heavy atom. The minimum Gasteiger partial charge on any atom is -0.481 e. The van der Waals surface area contributed by atoms with Crippen LogP contribution >= 0.6 is 0 Å². The average Bonchev–Trinajstić information content (AvgIpc) is 2.73. The summed E-state index contributed by atoms with van der Waals surface area (Å²) in [5.74, 6) is -0.606. The molecule has 188 valence electrons. The quantitative estimate of drug-likeness (QED) is 0.176. The molecule has 0 heterocycles. The summed E-state index contributed by atoms with van der Waals surface area (Å²) in [7, 11) is -1.76. The van der Waals surface area contributed by atoms with Crippen LogP contribution in [-0.4, -0.2) is 25.3 Å². The van der Waals surface area contributed by atoms with Gasteiger partial charge in [0.2, 0.25) is 5.91 Å². The smallest absolute Gasteiger partial charge is 0.303 e. The van der Waals surface area contributed by atoms with E-state index in [9.17, 15) is 9.59 Å². The average molecular weight is 478 g/mol. The minimum atomic E-state index is -1.76. The normalized spacial score (nSPS) is 12.0. The number of anilines is 1. The Labute approximate surface area is 202 Å². The van der Waals surface area contributed by atoms with E-state index in [0.29, 0.717) is 19.4 Å². The molecule has 1 rings (SSSR count). The first-order valence-electron chi connectivity index (χ1n) is 12.8. The van der Waals surface area contributed by atoms with Crippen molar-refractivity contribution in [2.24, 2.45) is 0 Å². The summed E-state index contributed by atoms with van der Waals surface area (Å²) in [6.45, 7) is 11.9. The largest absolute Gasteiger partial charge is 0.481 e. The van der Waals surface area contributed by atoms with Gasteiger partial charge in [-0.05, 0) is 48.7 Å². The van der Waals surface area contributed by atoms with E-state index in [1.807, 2.05) is 24.3 Å². The van der Waals surface area contributed by atoms with Crippen molar-refractivity contribution in [1.29, 1.82) is 0 Å². The number of carbonyl (C=O) groups excluding carboxylic acids is 1. The number of carbonyl (C=O) groups is 2. The maximum atomic E-state index is 12.2. The molecule has 0 aliphatic heterocycles. The summed E-state index contributed by atoms with van der Waals surface area (Å²) in [5.41, 5.74) is 1.98. The highest BCUT2D eigenvalue weighted by atomic mass is 28.4. The summed E-state index contributed by atoms with van der Waals surface area (Å²) in [6, 6.07) is 8.00. The number of hydrogen-bond acceptors (Lipinski definition) is 3. The highest BCUT2D eigenvalue weighted by Crippen LogP contribution is 2.37. The Kier molecular flexibility index (Phi) is 13.6. The molecule has 33 heavy (non-hydrogen) atoms. The fourth-order valence-corrected chi connectivity index (χ4v) is 4.32. The van der Waals surface area contributed by atoms with Crippen LogP contribution in [0.25, 0.3) is 0 Å². The molecule has 1 amide bonds. The van der Waals surface area contributed by atoms with E-state index in [4.69, 9.17) is 9.53 Å². The second kappa shape index (κ2) is 15.3. The molecule has 0 saturated carbocycles. The first-order chi connectivity index (χ1) is 15.5. The summed E-state index contributed by atoms with van der Waals surface area (Å²) < 4.78 is 6.26. The molecule has 0 atom stereocenters. The Morgan fingerprint density at radius 1 is 0.818 bits per heavy atom. The lowest BCUT2D eigenvalue weighted by molar-refractivity contribution is -0.137. The van der Waals surface area contributed by atoms with Gasteiger partial charge in [0.05, 0.1) is 6.61 Å². The van der Waals surface area contributed by atoms with E-state index in [1.54, 1.807) is 0 Å². The molecule has 0 bridgehead atoms. The van der Waals surface area contributed by atoms with Crippen molar-refractivity contribution in [3.63, 3.8) is 0 Å². The number of rotatable bonds is 17. The van der Waals surface area contributed by atoms with Gasteiger partial charge in [-0.25, -0.2) is 0 Å². The topological polar surface area (TPSA) is 75.6 Å². The van der Waals surface area contributed by atoms with Crippen LogP contribution in [0, 0.1) is 0 Å². The van der Waals surface area contributed by atoms with Crippen molar-refractivity contribution in [2.45, 2.75) is 123 Å². The molecule has 1 aromatic carbocycles. The van der Waals surface area contributed by atoms with E-state index in [-0.39, 0.29) is 10.9 Å². The Balaban J connectivity index is 2.09. The molecule has 6 heteroatoms. The van der Waals surface area contributed by atoms with Gasteiger partial charge in [0.15, 0.2) is 8.32 Å². The number of benzene rings is 1. The third kappa shape index (κ3) is 13.6. The number of aliphatic carboxylic acids is 1. The molecule has 0 saturated heterocycles. The van der Waals surface area contributed by atoms with Crippen molar-refractivity contribution < 1.29 is 19.1 Å². The Hall–Kier alpha value is -1.66. The zero-order chi connectivity index (χ0) is 24.7. The Morgan fingerprint density at radius 2 is 1.27 bits per heavy atom. The van der Waals surface area contributed by atoms with Crippen LogP contribution in [0.5, 0.6) is 0 Å². The van der Waals surface area contributed by atoms with E-state index in [0.717, 1.165) is 43.4 Å². The summed E-state index contributed by atoms with van der Waals surface area (Å²) in [5, 5.41) is 11.8. The predicted octanol–water partition coefficient (Wildman–Crippen LogP) is 7.91. The summed E-state index contributed by atoms with van der Waals surface area (Å²) >= 11 is 0. The van der Waals surface area contributed by atoms with E-state index in [2.05, 4.69) is 39.2 Å². The zero-order valence-corrected chi connectivity index (χ0v) is 22.7. The van der Waals surface area contributed by atoms with Gasteiger partial charge < -0.3 is 14.8 Å². The maximum Gasteiger partial charge on any atom is 0.303 e. The van der Waals surface area contributed by atoms with Gasteiger partial charge in [-0.15, -0.1) is 0 Å². The van der Waals surface area contributed by atoms with Crippen LogP contribution < -0.4 is 5.32 Å². The molecule has 2 N–H and O–H groups in total. The van der Waals surface area contributed by atoms with Gasteiger partial charge in [0.1, 0.15) is 0 Å². The first kappa shape index (κ1) is 29.4. The van der Waals surface area contributed by atoms with Gasteiger partial charge in [0, 0.05) is 18.5 Å². The van der Waals surface area contributed by atoms with Crippen LogP contribution in [-0.2, 0) is 20.6 Å². The van der Waals surface area contributed by atoms with Crippen LogP contribution in [0.15, 0.2) is 24.3 Å². The molecular formula is C27H47NO4Si. The molecule has 5 nitrogen and oxygen atoms in total. The SMILES string of the molecule is CC(C)(C)[Si](C)(C)OCc1ccc(NC(=O)CCCCCCCCCCCCC(=O)O)cc1. The lowest BCUT2D eigenvalue weighted by Crippen LogP contribution is -2.40. The van der Waals surface area contributed by atoms with E-state index < -0.39 is 14.3 Å². The number of amides is 1. The van der Waals surface area contributed by atoms with Gasteiger partial charge in [-0.2, -0.15) is 0 Å². The second-order valence-corrected chi connectivity index (χ2v) is 15.5. The highest BCUT2D eigenvalue weighted by Gasteiger charge is 2.36. The minimum absolute atomic E-state index is 0.0848. The van der Waals surface area contributed by atoms with Crippen LogP contribution in [0.3, 0.4) is 0 Å². The van der Waals surface area contributed by atoms with E-state index in [1.165, 1.54) is 32.1 Å². The number of nitrogens with one attached hydrogen (secondary N) is 1. The van der Waals surface area contributed by atoms with Crippen LogP contribution in [0.2, 0.25) is 18.1 Å². The molecule has 0 spiro atoms. The van der Waals surface area contributed by atoms with Gasteiger partial charge in [0.25, 0.3) is 0 Å². The lowest BCUT2D eigenvalue weighted by Gasteiger charge is -2.36. The number of carboxylic acids is 1. The zero-order valence-electron chi connectivity index (χ0n) is 21.7. The van der Waals surface area contributed by atoms with Crippen molar-refractivity contribution in [1.82, 2.24) is 0 Å². The fourth-order valence-electron chi connectivity index (χ4n) is 3.36. The maximum absolute atomic E-state index is 12.2. The monoisotopic (exact) mass is 477 g/mol. The molecule has 1 aromatic rings. The molecular weight excluding hydrogens is 430 g/mol. The van der Waals surface area contributed by atoms with Gasteiger partial charge in [-0.3, -0.25) is 9.59 Å². The van der Waals surface area contributed by atoms with Crippen LogP contribution in [0.4, 0.5) is 5.69 Å².